The molecular formula is C21H25N3O. The Labute approximate surface area is 148 Å². The molecule has 0 bridgehead atoms. The Morgan fingerprint density at radius 2 is 1.96 bits per heavy atom. The molecule has 0 aliphatic carbocycles. The van der Waals surface area contributed by atoms with Crippen molar-refractivity contribution in [2.45, 2.75) is 46.5 Å². The summed E-state index contributed by atoms with van der Waals surface area (Å²) in [4.78, 5) is 17.2. The smallest absolute Gasteiger partial charge is 0.225 e. The quantitative estimate of drug-likeness (QED) is 0.634. The van der Waals surface area contributed by atoms with E-state index in [1.165, 1.54) is 0 Å². The molecule has 0 spiro atoms. The number of anilines is 1. The van der Waals surface area contributed by atoms with Crippen molar-refractivity contribution in [2.75, 3.05) is 5.32 Å². The fourth-order valence-electron chi connectivity index (χ4n) is 3.02. The molecule has 3 rings (SSSR count). The predicted molar refractivity (Wildman–Crippen MR) is 103 cm³/mol. The van der Waals surface area contributed by atoms with Gasteiger partial charge in [-0.15, -0.1) is 0 Å². The Morgan fingerprint density at radius 1 is 1.16 bits per heavy atom. The van der Waals surface area contributed by atoms with E-state index < -0.39 is 0 Å². The number of imidazole rings is 1. The predicted octanol–water partition coefficient (Wildman–Crippen LogP) is 5.14. The first kappa shape index (κ1) is 17.2. The molecule has 25 heavy (non-hydrogen) atoms. The van der Waals surface area contributed by atoms with Gasteiger partial charge in [-0.3, -0.25) is 9.20 Å². The van der Waals surface area contributed by atoms with Crippen LogP contribution in [0.15, 0.2) is 42.6 Å². The molecule has 4 heteroatoms. The summed E-state index contributed by atoms with van der Waals surface area (Å²) in [5.41, 5.74) is 5.01. The van der Waals surface area contributed by atoms with Crippen molar-refractivity contribution in [2.24, 2.45) is 0 Å². The molecule has 2 aromatic heterocycles. The molecule has 0 radical (unpaired) electrons. The van der Waals surface area contributed by atoms with Gasteiger partial charge >= 0.3 is 0 Å². The number of carbonyl (C=O) groups is 1. The van der Waals surface area contributed by atoms with Crippen LogP contribution in [-0.2, 0) is 4.79 Å². The fraction of sp³-hybridized carbons (Fsp3) is 0.333. The van der Waals surface area contributed by atoms with E-state index in [1.807, 2.05) is 41.8 Å². The maximum atomic E-state index is 12.4. The first-order valence-corrected chi connectivity index (χ1v) is 8.94. The minimum atomic E-state index is 0.0469. The summed E-state index contributed by atoms with van der Waals surface area (Å²) in [7, 11) is 0. The van der Waals surface area contributed by atoms with Crippen molar-refractivity contribution in [3.05, 3.63) is 53.7 Å². The van der Waals surface area contributed by atoms with E-state index in [0.717, 1.165) is 53.1 Å². The van der Waals surface area contributed by atoms with Gasteiger partial charge in [-0.1, -0.05) is 44.0 Å². The third kappa shape index (κ3) is 3.73. The number of hydrogen-bond acceptors (Lipinski definition) is 2. The SMILES string of the molecule is CCCCCC(=O)Nc1c(-c2ccccc2C)nc2cc(C)ccn12. The van der Waals surface area contributed by atoms with Crippen LogP contribution < -0.4 is 5.32 Å². The number of unbranched alkanes of at least 4 members (excludes halogenated alkanes) is 2. The monoisotopic (exact) mass is 335 g/mol. The molecular weight excluding hydrogens is 310 g/mol. The maximum absolute atomic E-state index is 12.4. The molecule has 130 valence electrons. The van der Waals surface area contributed by atoms with Crippen molar-refractivity contribution in [3.8, 4) is 11.3 Å². The lowest BCUT2D eigenvalue weighted by Gasteiger charge is -2.09. The fourth-order valence-corrected chi connectivity index (χ4v) is 3.02. The van der Waals surface area contributed by atoms with Gasteiger partial charge in [0.05, 0.1) is 0 Å². The molecule has 0 saturated carbocycles. The van der Waals surface area contributed by atoms with E-state index in [-0.39, 0.29) is 5.91 Å². The number of nitrogens with zero attached hydrogens (tertiary/aromatic N) is 2. The number of aryl methyl sites for hydroxylation is 2. The highest BCUT2D eigenvalue weighted by Gasteiger charge is 2.17. The lowest BCUT2D eigenvalue weighted by molar-refractivity contribution is -0.116. The number of carbonyl (C=O) groups excluding carboxylic acids is 1. The summed E-state index contributed by atoms with van der Waals surface area (Å²) < 4.78 is 1.96. The van der Waals surface area contributed by atoms with Gasteiger partial charge < -0.3 is 5.32 Å². The van der Waals surface area contributed by atoms with Crippen LogP contribution in [0.3, 0.4) is 0 Å². The Bertz CT molecular complexity index is 895. The Hall–Kier alpha value is -2.62. The number of fused-ring (bicyclic) bond motifs is 1. The largest absolute Gasteiger partial charge is 0.310 e. The first-order valence-electron chi connectivity index (χ1n) is 8.94. The molecule has 4 nitrogen and oxygen atoms in total. The second-order valence-electron chi connectivity index (χ2n) is 6.56. The molecule has 1 amide bonds. The van der Waals surface area contributed by atoms with Gasteiger partial charge in [0.1, 0.15) is 17.2 Å². The number of hydrogen-bond donors (Lipinski definition) is 1. The number of rotatable bonds is 6. The zero-order chi connectivity index (χ0) is 17.8. The maximum Gasteiger partial charge on any atom is 0.225 e. The summed E-state index contributed by atoms with van der Waals surface area (Å²) in [6, 6.07) is 12.2. The molecule has 1 N–H and O–H groups in total. The van der Waals surface area contributed by atoms with E-state index in [2.05, 4.69) is 31.3 Å². The lowest BCUT2D eigenvalue weighted by atomic mass is 10.1. The second-order valence-corrected chi connectivity index (χ2v) is 6.56. The Balaban J connectivity index is 2.03. The van der Waals surface area contributed by atoms with E-state index in [0.29, 0.717) is 6.42 Å². The third-order valence-electron chi connectivity index (χ3n) is 4.45. The topological polar surface area (TPSA) is 46.4 Å². The van der Waals surface area contributed by atoms with Crippen LogP contribution in [0.1, 0.15) is 43.7 Å². The number of pyridine rings is 1. The first-order chi connectivity index (χ1) is 12.1. The van der Waals surface area contributed by atoms with Crippen LogP contribution >= 0.6 is 0 Å². The Kier molecular flexibility index (Phi) is 5.17. The van der Waals surface area contributed by atoms with Crippen molar-refractivity contribution in [1.82, 2.24) is 9.38 Å². The van der Waals surface area contributed by atoms with Gasteiger partial charge in [-0.2, -0.15) is 0 Å². The highest BCUT2D eigenvalue weighted by atomic mass is 16.1. The van der Waals surface area contributed by atoms with Crippen LogP contribution in [0.2, 0.25) is 0 Å². The summed E-state index contributed by atoms with van der Waals surface area (Å²) in [6.45, 7) is 6.25. The van der Waals surface area contributed by atoms with Crippen LogP contribution in [0.25, 0.3) is 16.9 Å². The highest BCUT2D eigenvalue weighted by molar-refractivity contribution is 5.95. The number of benzene rings is 1. The summed E-state index contributed by atoms with van der Waals surface area (Å²) >= 11 is 0. The van der Waals surface area contributed by atoms with Gasteiger partial charge in [0, 0.05) is 18.2 Å². The van der Waals surface area contributed by atoms with E-state index in [9.17, 15) is 4.79 Å². The Morgan fingerprint density at radius 3 is 2.72 bits per heavy atom. The molecule has 0 saturated heterocycles. The van der Waals surface area contributed by atoms with Gasteiger partial charge in [0.2, 0.25) is 5.91 Å². The van der Waals surface area contributed by atoms with Crippen LogP contribution in [0.4, 0.5) is 5.82 Å². The van der Waals surface area contributed by atoms with E-state index in [4.69, 9.17) is 4.98 Å². The normalized spacial score (nSPS) is 11.0. The number of amides is 1. The van der Waals surface area contributed by atoms with Crippen molar-refractivity contribution in [1.29, 1.82) is 0 Å². The van der Waals surface area contributed by atoms with Crippen LogP contribution in [0.5, 0.6) is 0 Å². The van der Waals surface area contributed by atoms with Gasteiger partial charge in [-0.25, -0.2) is 4.98 Å². The molecule has 0 aliphatic heterocycles. The molecule has 2 heterocycles. The highest BCUT2D eigenvalue weighted by Crippen LogP contribution is 2.31. The molecule has 0 unspecified atom stereocenters. The molecule has 1 aromatic carbocycles. The molecule has 0 fully saturated rings. The zero-order valence-electron chi connectivity index (χ0n) is 15.2. The summed E-state index contributed by atoms with van der Waals surface area (Å²) in [5.74, 6) is 0.802. The summed E-state index contributed by atoms with van der Waals surface area (Å²) in [5, 5.41) is 3.10. The van der Waals surface area contributed by atoms with Gasteiger partial charge in [-0.05, 0) is 43.5 Å². The minimum absolute atomic E-state index is 0.0469. The standard InChI is InChI=1S/C21H25N3O/c1-4-5-6-11-19(25)23-21-20(17-10-8-7-9-16(17)3)22-18-14-15(2)12-13-24(18)21/h7-10,12-14H,4-6,11H2,1-3H3,(H,23,25). The number of aromatic nitrogens is 2. The van der Waals surface area contributed by atoms with Crippen LogP contribution in [0, 0.1) is 13.8 Å². The van der Waals surface area contributed by atoms with Crippen molar-refractivity contribution < 1.29 is 4.79 Å². The zero-order valence-corrected chi connectivity index (χ0v) is 15.2. The summed E-state index contributed by atoms with van der Waals surface area (Å²) in [6.07, 6.45) is 5.61. The van der Waals surface area contributed by atoms with Crippen molar-refractivity contribution >= 4 is 17.4 Å². The average molecular weight is 335 g/mol. The van der Waals surface area contributed by atoms with Crippen LogP contribution in [-0.4, -0.2) is 15.3 Å². The molecule has 0 aliphatic rings. The second kappa shape index (κ2) is 7.51. The lowest BCUT2D eigenvalue weighted by Crippen LogP contribution is -2.13. The number of nitrogens with one attached hydrogen (secondary N) is 1. The average Bonchev–Trinajstić information content (AvgIpc) is 2.93. The van der Waals surface area contributed by atoms with Gasteiger partial charge in [0.25, 0.3) is 0 Å². The van der Waals surface area contributed by atoms with E-state index >= 15 is 0 Å². The molecule has 0 atom stereocenters. The third-order valence-corrected chi connectivity index (χ3v) is 4.45. The van der Waals surface area contributed by atoms with Crippen molar-refractivity contribution in [3.63, 3.8) is 0 Å². The van der Waals surface area contributed by atoms with E-state index in [1.54, 1.807) is 0 Å². The molecule has 3 aromatic rings. The minimum Gasteiger partial charge on any atom is -0.310 e. The van der Waals surface area contributed by atoms with Gasteiger partial charge in [0.15, 0.2) is 0 Å².